The van der Waals surface area contributed by atoms with Crippen LogP contribution in [0.15, 0.2) is 23.3 Å². The summed E-state index contributed by atoms with van der Waals surface area (Å²) in [6.07, 6.45) is -1.83. The molecule has 0 fully saturated rings. The molecule has 1 aromatic carbocycles. The highest BCUT2D eigenvalue weighted by molar-refractivity contribution is 5.74. The third-order valence-corrected chi connectivity index (χ3v) is 2.24. The van der Waals surface area contributed by atoms with E-state index in [4.69, 9.17) is 10.6 Å². The molecule has 0 unspecified atom stereocenters. The molecule has 1 aromatic rings. The second-order valence-electron chi connectivity index (χ2n) is 3.40. The van der Waals surface area contributed by atoms with E-state index in [9.17, 15) is 24.4 Å². The maximum Gasteiger partial charge on any atom is 0.315 e. The molecule has 0 aliphatic heterocycles. The van der Waals surface area contributed by atoms with Crippen molar-refractivity contribution in [2.75, 3.05) is 0 Å². The number of aliphatic carboxylic acids is 1. The van der Waals surface area contributed by atoms with E-state index in [1.54, 1.807) is 0 Å². The fourth-order valence-electron chi connectivity index (χ4n) is 1.34. The van der Waals surface area contributed by atoms with Crippen LogP contribution in [0.1, 0.15) is 11.7 Å². The number of nitro benzene ring substituents is 1. The Hall–Kier alpha value is -2.71. The fraction of sp³-hybridized carbons (Fsp3) is 0.222. The Labute approximate surface area is 104 Å². The second-order valence-corrected chi connectivity index (χ2v) is 3.40. The Morgan fingerprint density at radius 1 is 1.58 bits per heavy atom. The lowest BCUT2D eigenvalue weighted by Crippen LogP contribution is -2.25. The van der Waals surface area contributed by atoms with Gasteiger partial charge in [0.1, 0.15) is 0 Å². The second kappa shape index (κ2) is 5.76. The summed E-state index contributed by atoms with van der Waals surface area (Å²) >= 11 is 0. The number of carboxylic acids is 1. The van der Waals surface area contributed by atoms with Crippen LogP contribution in [0.25, 0.3) is 10.4 Å². The quantitative estimate of drug-likeness (QED) is 0.273. The Morgan fingerprint density at radius 3 is 2.68 bits per heavy atom. The molecule has 0 amide bonds. The zero-order chi connectivity index (χ0) is 14.6. The van der Waals surface area contributed by atoms with Gasteiger partial charge in [-0.25, -0.2) is 0 Å². The molecular formula is C9H7FN4O5. The standard InChI is InChI=1S/C9H7FN4O5/c10-5-2-1-4(3-6(5)14(18)19)8(15)7(9(16)17)12-13-11/h1-3,7-8,15H,(H,16,17)/t7-,8-/m0/s1. The molecule has 100 valence electrons. The van der Waals surface area contributed by atoms with E-state index in [0.717, 1.165) is 6.07 Å². The predicted octanol–water partition coefficient (Wildman–Crippen LogP) is 1.53. The number of rotatable bonds is 5. The van der Waals surface area contributed by atoms with E-state index >= 15 is 0 Å². The molecule has 2 N–H and O–H groups in total. The summed E-state index contributed by atoms with van der Waals surface area (Å²) in [4.78, 5) is 22.5. The molecular weight excluding hydrogens is 263 g/mol. The first-order chi connectivity index (χ1) is 8.88. The van der Waals surface area contributed by atoms with Gasteiger partial charge in [0.05, 0.1) is 11.0 Å². The third-order valence-electron chi connectivity index (χ3n) is 2.24. The van der Waals surface area contributed by atoms with E-state index in [0.29, 0.717) is 12.1 Å². The first-order valence-corrected chi connectivity index (χ1v) is 4.77. The van der Waals surface area contributed by atoms with Crippen molar-refractivity contribution in [1.29, 1.82) is 0 Å². The number of nitro groups is 1. The van der Waals surface area contributed by atoms with Crippen LogP contribution in [0.3, 0.4) is 0 Å². The number of azide groups is 1. The van der Waals surface area contributed by atoms with Gasteiger partial charge in [-0.3, -0.25) is 14.9 Å². The third kappa shape index (κ3) is 3.15. The summed E-state index contributed by atoms with van der Waals surface area (Å²) in [5.74, 6) is -2.74. The molecule has 0 aliphatic carbocycles. The average Bonchev–Trinajstić information content (AvgIpc) is 2.35. The van der Waals surface area contributed by atoms with Gasteiger partial charge in [0, 0.05) is 11.0 Å². The number of nitrogens with zero attached hydrogens (tertiary/aromatic N) is 4. The van der Waals surface area contributed by atoms with E-state index < -0.39 is 34.5 Å². The minimum absolute atomic E-state index is 0.243. The first-order valence-electron chi connectivity index (χ1n) is 4.77. The Morgan fingerprint density at radius 2 is 2.21 bits per heavy atom. The van der Waals surface area contributed by atoms with Gasteiger partial charge in [-0.15, -0.1) is 0 Å². The summed E-state index contributed by atoms with van der Waals surface area (Å²) in [5, 5.41) is 31.8. The van der Waals surface area contributed by atoms with Crippen LogP contribution in [-0.4, -0.2) is 27.1 Å². The van der Waals surface area contributed by atoms with Crippen molar-refractivity contribution in [2.45, 2.75) is 12.1 Å². The summed E-state index contributed by atoms with van der Waals surface area (Å²) < 4.78 is 13.1. The van der Waals surface area contributed by atoms with Gasteiger partial charge in [-0.05, 0) is 17.2 Å². The topological polar surface area (TPSA) is 149 Å². The van der Waals surface area contributed by atoms with Crippen molar-refractivity contribution in [2.24, 2.45) is 5.11 Å². The van der Waals surface area contributed by atoms with E-state index in [1.165, 1.54) is 0 Å². The number of halogens is 1. The molecule has 0 saturated carbocycles. The first kappa shape index (κ1) is 14.4. The maximum absolute atomic E-state index is 13.1. The summed E-state index contributed by atoms with van der Waals surface area (Å²) in [5.41, 5.74) is 7.03. The lowest BCUT2D eigenvalue weighted by atomic mass is 10.0. The molecule has 0 aromatic heterocycles. The fourth-order valence-corrected chi connectivity index (χ4v) is 1.34. The highest BCUT2D eigenvalue weighted by Crippen LogP contribution is 2.25. The number of hydrogen-bond donors (Lipinski definition) is 2. The summed E-state index contributed by atoms with van der Waals surface area (Å²) in [6, 6.07) is 0.500. The Balaban J connectivity index is 3.22. The number of carbonyl (C=O) groups is 1. The Bertz CT molecular complexity index is 570. The SMILES string of the molecule is [N-]=[N+]=N[C@H](C(=O)O)[C@@H](O)c1ccc(F)c([N+](=O)[O-])c1. The minimum atomic E-state index is -1.87. The van der Waals surface area contributed by atoms with Crippen molar-refractivity contribution in [1.82, 2.24) is 0 Å². The molecule has 0 aliphatic rings. The van der Waals surface area contributed by atoms with Crippen molar-refractivity contribution in [3.8, 4) is 0 Å². The van der Waals surface area contributed by atoms with Crippen LogP contribution in [0.5, 0.6) is 0 Å². The van der Waals surface area contributed by atoms with E-state index in [1.807, 2.05) is 0 Å². The van der Waals surface area contributed by atoms with Gasteiger partial charge in [0.2, 0.25) is 5.82 Å². The van der Waals surface area contributed by atoms with Crippen molar-refractivity contribution in [3.05, 3.63) is 50.1 Å². The van der Waals surface area contributed by atoms with Crippen LogP contribution < -0.4 is 0 Å². The number of carboxylic acid groups (broad SMARTS) is 1. The van der Waals surface area contributed by atoms with Crippen LogP contribution in [-0.2, 0) is 4.79 Å². The molecule has 0 heterocycles. The van der Waals surface area contributed by atoms with Crippen molar-refractivity contribution in [3.63, 3.8) is 0 Å². The highest BCUT2D eigenvalue weighted by Gasteiger charge is 2.28. The van der Waals surface area contributed by atoms with Gasteiger partial charge in [-0.2, -0.15) is 4.39 Å². The maximum atomic E-state index is 13.1. The van der Waals surface area contributed by atoms with Gasteiger partial charge in [-0.1, -0.05) is 11.2 Å². The molecule has 1 rings (SSSR count). The smallest absolute Gasteiger partial charge is 0.315 e. The van der Waals surface area contributed by atoms with Crippen LogP contribution in [0, 0.1) is 15.9 Å². The average molecular weight is 270 g/mol. The van der Waals surface area contributed by atoms with E-state index in [2.05, 4.69) is 10.0 Å². The molecule has 2 atom stereocenters. The molecule has 19 heavy (non-hydrogen) atoms. The predicted molar refractivity (Wildman–Crippen MR) is 58.6 cm³/mol. The van der Waals surface area contributed by atoms with Crippen molar-refractivity contribution >= 4 is 11.7 Å². The zero-order valence-corrected chi connectivity index (χ0v) is 9.17. The van der Waals surface area contributed by atoms with Crippen LogP contribution in [0.2, 0.25) is 0 Å². The largest absolute Gasteiger partial charge is 0.481 e. The lowest BCUT2D eigenvalue weighted by Gasteiger charge is -2.14. The number of benzene rings is 1. The normalized spacial score (nSPS) is 13.2. The lowest BCUT2D eigenvalue weighted by molar-refractivity contribution is -0.387. The summed E-state index contributed by atoms with van der Waals surface area (Å²) in [7, 11) is 0. The number of aliphatic hydroxyl groups excluding tert-OH is 1. The van der Waals surface area contributed by atoms with Gasteiger partial charge in [0.25, 0.3) is 0 Å². The van der Waals surface area contributed by atoms with Gasteiger partial charge in [0.15, 0.2) is 6.04 Å². The monoisotopic (exact) mass is 270 g/mol. The highest BCUT2D eigenvalue weighted by atomic mass is 19.1. The van der Waals surface area contributed by atoms with Crippen LogP contribution in [0.4, 0.5) is 10.1 Å². The molecule has 9 nitrogen and oxygen atoms in total. The molecule has 0 spiro atoms. The Kier molecular flexibility index (Phi) is 4.35. The molecule has 10 heteroatoms. The number of hydrogen-bond acceptors (Lipinski definition) is 5. The minimum Gasteiger partial charge on any atom is -0.481 e. The van der Waals surface area contributed by atoms with Crippen LogP contribution >= 0.6 is 0 Å². The molecule has 0 bridgehead atoms. The zero-order valence-electron chi connectivity index (χ0n) is 9.17. The van der Waals surface area contributed by atoms with Crippen molar-refractivity contribution < 1.29 is 24.3 Å². The number of aliphatic hydroxyl groups is 1. The molecule has 0 radical (unpaired) electrons. The van der Waals surface area contributed by atoms with E-state index in [-0.39, 0.29) is 5.56 Å². The van der Waals surface area contributed by atoms with Gasteiger partial charge >= 0.3 is 11.7 Å². The van der Waals surface area contributed by atoms with Gasteiger partial charge < -0.3 is 10.2 Å². The molecule has 0 saturated heterocycles. The summed E-state index contributed by atoms with van der Waals surface area (Å²) in [6.45, 7) is 0.